The van der Waals surface area contributed by atoms with Crippen LogP contribution < -0.4 is 0 Å². The normalized spacial score (nSPS) is 32.8. The summed E-state index contributed by atoms with van der Waals surface area (Å²) in [7, 11) is 0. The summed E-state index contributed by atoms with van der Waals surface area (Å²) in [5, 5.41) is 30.3. The van der Waals surface area contributed by atoms with Crippen LogP contribution in [0, 0.1) is 23.7 Å². The predicted molar refractivity (Wildman–Crippen MR) is 109 cm³/mol. The molecule has 5 heteroatoms. The van der Waals surface area contributed by atoms with Crippen molar-refractivity contribution in [3.63, 3.8) is 0 Å². The molecule has 0 aromatic rings. The lowest BCUT2D eigenvalue weighted by Crippen LogP contribution is -2.43. The maximum Gasteiger partial charge on any atom is 0.308 e. The Balaban J connectivity index is 2.13. The second-order valence-electron chi connectivity index (χ2n) is 8.69. The molecule has 0 fully saturated rings. The lowest BCUT2D eigenvalue weighted by Gasteiger charge is -2.43. The van der Waals surface area contributed by atoms with Crippen molar-refractivity contribution in [3.8, 4) is 0 Å². The zero-order chi connectivity index (χ0) is 20.8. The van der Waals surface area contributed by atoms with Crippen LogP contribution in [0.25, 0.3) is 0 Å². The minimum Gasteiger partial charge on any atom is -0.461 e. The van der Waals surface area contributed by atoms with Crippen molar-refractivity contribution in [2.24, 2.45) is 23.7 Å². The Labute approximate surface area is 169 Å². The number of hydrogen-bond acceptors (Lipinski definition) is 5. The molecule has 0 aliphatic heterocycles. The molecule has 0 unspecified atom stereocenters. The molecule has 160 valence electrons. The summed E-state index contributed by atoms with van der Waals surface area (Å²) in [5.41, 5.74) is 1.03. The van der Waals surface area contributed by atoms with E-state index in [1.807, 2.05) is 26.8 Å². The number of ether oxygens (including phenoxy) is 1. The van der Waals surface area contributed by atoms with Crippen LogP contribution in [-0.4, -0.2) is 45.7 Å². The zero-order valence-electron chi connectivity index (χ0n) is 17.8. The molecule has 0 aromatic heterocycles. The number of esters is 1. The highest BCUT2D eigenvalue weighted by Gasteiger charge is 2.42. The third kappa shape index (κ3) is 5.91. The van der Waals surface area contributed by atoms with Crippen LogP contribution in [0.5, 0.6) is 0 Å². The van der Waals surface area contributed by atoms with E-state index in [4.69, 9.17) is 4.74 Å². The molecule has 0 aromatic carbocycles. The van der Waals surface area contributed by atoms with E-state index < -0.39 is 18.3 Å². The molecule has 3 N–H and O–H groups in total. The summed E-state index contributed by atoms with van der Waals surface area (Å²) in [4.78, 5) is 12.4. The van der Waals surface area contributed by atoms with Gasteiger partial charge in [-0.25, -0.2) is 0 Å². The van der Waals surface area contributed by atoms with E-state index in [0.717, 1.165) is 18.4 Å². The maximum absolute atomic E-state index is 12.4. The van der Waals surface area contributed by atoms with Gasteiger partial charge in [0.05, 0.1) is 24.2 Å². The molecule has 2 aliphatic carbocycles. The van der Waals surface area contributed by atoms with Gasteiger partial charge in [-0.1, -0.05) is 45.9 Å². The van der Waals surface area contributed by atoms with Crippen LogP contribution in [0.1, 0.15) is 66.2 Å². The fraction of sp³-hybridized carbons (Fsp3) is 0.783. The largest absolute Gasteiger partial charge is 0.461 e. The first-order valence-corrected chi connectivity index (χ1v) is 10.9. The van der Waals surface area contributed by atoms with Crippen molar-refractivity contribution in [3.05, 3.63) is 23.8 Å². The smallest absolute Gasteiger partial charge is 0.308 e. The molecule has 8 atom stereocenters. The van der Waals surface area contributed by atoms with E-state index in [9.17, 15) is 20.1 Å². The van der Waals surface area contributed by atoms with Gasteiger partial charge in [0, 0.05) is 12.3 Å². The first-order valence-electron chi connectivity index (χ1n) is 10.9. The Morgan fingerprint density at radius 2 is 1.96 bits per heavy atom. The third-order valence-electron chi connectivity index (χ3n) is 6.50. The topological polar surface area (TPSA) is 87.0 Å². The molecule has 0 heterocycles. The van der Waals surface area contributed by atoms with Crippen LogP contribution in [0.2, 0.25) is 0 Å². The molecular weight excluding hydrogens is 356 g/mol. The van der Waals surface area contributed by atoms with Crippen molar-refractivity contribution < 1.29 is 24.9 Å². The molecule has 0 bridgehead atoms. The quantitative estimate of drug-likeness (QED) is 0.522. The first-order chi connectivity index (χ1) is 13.3. The molecule has 0 saturated heterocycles. The van der Waals surface area contributed by atoms with E-state index in [0.29, 0.717) is 31.6 Å². The number of rotatable bonds is 9. The van der Waals surface area contributed by atoms with Crippen LogP contribution in [0.15, 0.2) is 23.8 Å². The summed E-state index contributed by atoms with van der Waals surface area (Å²) < 4.78 is 5.88. The minimum absolute atomic E-state index is 0.0414. The standard InChI is InChI=1S/C23H38O5/c1-5-14(3)23(27)28-21-13-19(26)11-16-8-7-15(4)20(22(16)21)10-9-18(25)12-17(24)6-2/h7-8,11,14-15,17-22,24-26H,5-6,9-10,12-13H2,1-4H3/t14-,15+,17+,18+,19+,20-,21-,22-/m0/s1. The number of hydrogen-bond donors (Lipinski definition) is 3. The average Bonchev–Trinajstić information content (AvgIpc) is 2.66. The molecule has 0 spiro atoms. The zero-order valence-corrected chi connectivity index (χ0v) is 17.8. The van der Waals surface area contributed by atoms with Gasteiger partial charge in [-0.3, -0.25) is 4.79 Å². The Hall–Kier alpha value is -1.17. The molecule has 0 radical (unpaired) electrons. The van der Waals surface area contributed by atoms with Crippen LogP contribution >= 0.6 is 0 Å². The number of fused-ring (bicyclic) bond motifs is 1. The van der Waals surface area contributed by atoms with Crippen molar-refractivity contribution in [1.82, 2.24) is 0 Å². The predicted octanol–water partition coefficient (Wildman–Crippen LogP) is 3.38. The molecule has 2 aliphatic rings. The van der Waals surface area contributed by atoms with Gasteiger partial charge in [-0.05, 0) is 49.5 Å². The van der Waals surface area contributed by atoms with Crippen molar-refractivity contribution in [1.29, 1.82) is 0 Å². The lowest BCUT2D eigenvalue weighted by atomic mass is 9.66. The van der Waals surface area contributed by atoms with Gasteiger partial charge >= 0.3 is 5.97 Å². The minimum atomic E-state index is -0.606. The van der Waals surface area contributed by atoms with E-state index >= 15 is 0 Å². The summed E-state index contributed by atoms with van der Waals surface area (Å²) in [6.07, 6.45) is 7.71. The van der Waals surface area contributed by atoms with Crippen molar-refractivity contribution in [2.75, 3.05) is 0 Å². The second kappa shape index (κ2) is 10.6. The van der Waals surface area contributed by atoms with Crippen molar-refractivity contribution in [2.45, 2.75) is 90.6 Å². The van der Waals surface area contributed by atoms with Gasteiger partial charge < -0.3 is 20.1 Å². The van der Waals surface area contributed by atoms with Gasteiger partial charge in [0.15, 0.2) is 0 Å². The third-order valence-corrected chi connectivity index (χ3v) is 6.50. The summed E-state index contributed by atoms with van der Waals surface area (Å²) >= 11 is 0. The summed E-state index contributed by atoms with van der Waals surface area (Å²) in [5.74, 6) is 0.212. The molecular formula is C23H38O5. The number of aliphatic hydroxyl groups excluding tert-OH is 3. The van der Waals surface area contributed by atoms with E-state index in [-0.39, 0.29) is 29.8 Å². The summed E-state index contributed by atoms with van der Waals surface area (Å²) in [6.45, 7) is 7.90. The average molecular weight is 395 g/mol. The molecule has 0 saturated carbocycles. The SMILES string of the molecule is CC[C@@H](O)C[C@H](O)CC[C@@H]1[C@@H]2C(=C[C@@H](O)C[C@@H]2OC(=O)[C@@H](C)CC)C=C[C@H]1C. The highest BCUT2D eigenvalue weighted by molar-refractivity contribution is 5.72. The number of carbonyl (C=O) groups excluding carboxylic acids is 1. The fourth-order valence-electron chi connectivity index (χ4n) is 4.40. The van der Waals surface area contributed by atoms with Gasteiger partial charge in [0.2, 0.25) is 0 Å². The maximum atomic E-state index is 12.4. The monoisotopic (exact) mass is 394 g/mol. The highest BCUT2D eigenvalue weighted by atomic mass is 16.5. The summed E-state index contributed by atoms with van der Waals surface area (Å²) in [6, 6.07) is 0. The fourth-order valence-corrected chi connectivity index (χ4v) is 4.40. The lowest BCUT2D eigenvalue weighted by molar-refractivity contribution is -0.159. The number of allylic oxidation sites excluding steroid dienone is 2. The Kier molecular flexibility index (Phi) is 8.72. The van der Waals surface area contributed by atoms with Crippen LogP contribution in [-0.2, 0) is 9.53 Å². The van der Waals surface area contributed by atoms with E-state index in [1.165, 1.54) is 0 Å². The Morgan fingerprint density at radius 3 is 2.61 bits per heavy atom. The van der Waals surface area contributed by atoms with Crippen LogP contribution in [0.4, 0.5) is 0 Å². The van der Waals surface area contributed by atoms with Gasteiger partial charge in [-0.2, -0.15) is 0 Å². The van der Waals surface area contributed by atoms with Gasteiger partial charge in [0.25, 0.3) is 0 Å². The van der Waals surface area contributed by atoms with E-state index in [2.05, 4.69) is 19.1 Å². The number of carbonyl (C=O) groups is 1. The molecule has 28 heavy (non-hydrogen) atoms. The van der Waals surface area contributed by atoms with Gasteiger partial charge in [0.1, 0.15) is 6.10 Å². The molecule has 0 amide bonds. The second-order valence-corrected chi connectivity index (χ2v) is 8.69. The molecule has 5 nitrogen and oxygen atoms in total. The van der Waals surface area contributed by atoms with E-state index in [1.54, 1.807) is 0 Å². The first kappa shape index (κ1) is 23.1. The Morgan fingerprint density at radius 1 is 1.25 bits per heavy atom. The molecule has 2 rings (SSSR count). The van der Waals surface area contributed by atoms with Crippen LogP contribution in [0.3, 0.4) is 0 Å². The Bertz CT molecular complexity index is 569. The van der Waals surface area contributed by atoms with Gasteiger partial charge in [-0.15, -0.1) is 0 Å². The van der Waals surface area contributed by atoms with Crippen molar-refractivity contribution >= 4 is 5.97 Å². The highest BCUT2D eigenvalue weighted by Crippen LogP contribution is 2.44. The number of aliphatic hydroxyl groups is 3.